The van der Waals surface area contributed by atoms with Crippen molar-refractivity contribution in [2.75, 3.05) is 11.5 Å². The van der Waals surface area contributed by atoms with Crippen molar-refractivity contribution < 1.29 is 8.60 Å². The van der Waals surface area contributed by atoms with E-state index in [-0.39, 0.29) is 5.25 Å². The second-order valence-corrected chi connectivity index (χ2v) is 7.62. The van der Waals surface area contributed by atoms with Gasteiger partial charge in [0.2, 0.25) is 0 Å². The van der Waals surface area contributed by atoms with Gasteiger partial charge in [-0.05, 0) is 36.2 Å². The van der Waals surface area contributed by atoms with Gasteiger partial charge in [0.15, 0.2) is 0 Å². The molecule has 2 aromatic rings. The number of anilines is 1. The molecule has 2 aromatic carbocycles. The standard InChI is InChI=1S/C15H14FNOS2/c16-11-6-12(17)8-14(7-11)20(18)9-13-5-10-3-1-2-4-15(10)19-13/h1-4,6-8,13H,5,9,17H2. The van der Waals surface area contributed by atoms with Crippen molar-refractivity contribution >= 4 is 28.2 Å². The predicted molar refractivity (Wildman–Crippen MR) is 81.9 cm³/mol. The first kappa shape index (κ1) is 13.6. The molecule has 0 spiro atoms. The van der Waals surface area contributed by atoms with Crippen molar-refractivity contribution in [2.45, 2.75) is 21.5 Å². The summed E-state index contributed by atoms with van der Waals surface area (Å²) in [6, 6.07) is 12.4. The van der Waals surface area contributed by atoms with E-state index in [2.05, 4.69) is 12.1 Å². The smallest absolute Gasteiger partial charge is 0.126 e. The number of halogens is 1. The summed E-state index contributed by atoms with van der Waals surface area (Å²) in [6.07, 6.45) is 0.914. The van der Waals surface area contributed by atoms with E-state index in [1.807, 2.05) is 12.1 Å². The summed E-state index contributed by atoms with van der Waals surface area (Å²) in [7, 11) is -1.22. The van der Waals surface area contributed by atoms with Crippen LogP contribution < -0.4 is 5.73 Å². The molecule has 104 valence electrons. The molecule has 0 fully saturated rings. The first-order valence-electron chi connectivity index (χ1n) is 6.31. The van der Waals surface area contributed by atoms with Crippen LogP contribution in [0.1, 0.15) is 5.56 Å². The minimum absolute atomic E-state index is 0.276. The minimum atomic E-state index is -1.22. The topological polar surface area (TPSA) is 43.1 Å². The fourth-order valence-corrected chi connectivity index (χ4v) is 5.21. The van der Waals surface area contributed by atoms with E-state index in [0.29, 0.717) is 16.3 Å². The fourth-order valence-electron chi connectivity index (χ4n) is 2.33. The van der Waals surface area contributed by atoms with Gasteiger partial charge >= 0.3 is 0 Å². The molecular weight excluding hydrogens is 293 g/mol. The SMILES string of the molecule is Nc1cc(F)cc(S(=O)CC2Cc3ccccc3S2)c1. The number of nitrogen functional groups attached to an aromatic ring is 1. The third-order valence-electron chi connectivity index (χ3n) is 3.21. The van der Waals surface area contributed by atoms with Gasteiger partial charge in [-0.25, -0.2) is 4.39 Å². The molecule has 5 heteroatoms. The number of thioether (sulfide) groups is 1. The Kier molecular flexibility index (Phi) is 3.81. The predicted octanol–water partition coefficient (Wildman–Crippen LogP) is 3.23. The van der Waals surface area contributed by atoms with Crippen molar-refractivity contribution in [1.82, 2.24) is 0 Å². The number of rotatable bonds is 3. The lowest BCUT2D eigenvalue weighted by molar-refractivity contribution is 0.623. The maximum atomic E-state index is 13.3. The second-order valence-electron chi connectivity index (χ2n) is 4.78. The highest BCUT2D eigenvalue weighted by molar-refractivity contribution is 8.01. The van der Waals surface area contributed by atoms with Crippen LogP contribution in [0.25, 0.3) is 0 Å². The number of hydrogen-bond acceptors (Lipinski definition) is 3. The van der Waals surface area contributed by atoms with Crippen LogP contribution in [0, 0.1) is 5.82 Å². The Morgan fingerprint density at radius 2 is 2.10 bits per heavy atom. The van der Waals surface area contributed by atoms with Gasteiger partial charge in [0.1, 0.15) is 5.82 Å². The van der Waals surface area contributed by atoms with E-state index in [0.717, 1.165) is 6.42 Å². The zero-order chi connectivity index (χ0) is 14.1. The molecule has 0 saturated carbocycles. The van der Waals surface area contributed by atoms with Crippen LogP contribution in [0.2, 0.25) is 0 Å². The highest BCUT2D eigenvalue weighted by atomic mass is 32.2. The van der Waals surface area contributed by atoms with Crippen LogP contribution in [0.5, 0.6) is 0 Å². The monoisotopic (exact) mass is 307 g/mol. The fraction of sp³-hybridized carbons (Fsp3) is 0.200. The van der Waals surface area contributed by atoms with Crippen molar-refractivity contribution in [1.29, 1.82) is 0 Å². The second kappa shape index (κ2) is 5.58. The van der Waals surface area contributed by atoms with Crippen molar-refractivity contribution in [3.63, 3.8) is 0 Å². The Balaban J connectivity index is 1.72. The van der Waals surface area contributed by atoms with E-state index in [9.17, 15) is 8.60 Å². The molecule has 2 nitrogen and oxygen atoms in total. The molecule has 0 aliphatic carbocycles. The number of fused-ring (bicyclic) bond motifs is 1. The van der Waals surface area contributed by atoms with Gasteiger partial charge in [-0.15, -0.1) is 11.8 Å². The summed E-state index contributed by atoms with van der Waals surface area (Å²) in [5.41, 5.74) is 7.21. The molecule has 0 radical (unpaired) electrons. The van der Waals surface area contributed by atoms with Crippen LogP contribution in [-0.2, 0) is 17.2 Å². The lowest BCUT2D eigenvalue weighted by Crippen LogP contribution is -2.13. The van der Waals surface area contributed by atoms with Crippen LogP contribution in [0.15, 0.2) is 52.3 Å². The van der Waals surface area contributed by atoms with Crippen LogP contribution in [0.4, 0.5) is 10.1 Å². The van der Waals surface area contributed by atoms with E-state index in [4.69, 9.17) is 5.73 Å². The van der Waals surface area contributed by atoms with E-state index in [1.54, 1.807) is 17.8 Å². The molecule has 1 aliphatic heterocycles. The maximum absolute atomic E-state index is 13.3. The molecule has 0 saturated heterocycles. The molecule has 0 aromatic heterocycles. The maximum Gasteiger partial charge on any atom is 0.126 e. The van der Waals surface area contributed by atoms with E-state index in [1.165, 1.54) is 22.6 Å². The van der Waals surface area contributed by atoms with Crippen LogP contribution >= 0.6 is 11.8 Å². The quantitative estimate of drug-likeness (QED) is 0.885. The summed E-state index contributed by atoms with van der Waals surface area (Å²) in [5, 5.41) is 0.276. The van der Waals surface area contributed by atoms with Crippen molar-refractivity contribution in [3.05, 3.63) is 53.8 Å². The number of nitrogens with two attached hydrogens (primary N) is 1. The average molecular weight is 307 g/mol. The largest absolute Gasteiger partial charge is 0.399 e. The average Bonchev–Trinajstić information content (AvgIpc) is 2.79. The van der Waals surface area contributed by atoms with Crippen molar-refractivity contribution in [3.8, 4) is 0 Å². The molecular formula is C15H14FNOS2. The Hall–Kier alpha value is -1.33. The van der Waals surface area contributed by atoms with Gasteiger partial charge in [-0.2, -0.15) is 0 Å². The molecule has 0 amide bonds. The summed E-state index contributed by atoms with van der Waals surface area (Å²) >= 11 is 1.75. The molecule has 20 heavy (non-hydrogen) atoms. The highest BCUT2D eigenvalue weighted by Crippen LogP contribution is 2.37. The van der Waals surface area contributed by atoms with Gasteiger partial charge < -0.3 is 5.73 Å². The first-order valence-corrected chi connectivity index (χ1v) is 8.50. The highest BCUT2D eigenvalue weighted by Gasteiger charge is 2.24. The van der Waals surface area contributed by atoms with Gasteiger partial charge in [-0.1, -0.05) is 18.2 Å². The Bertz CT molecular complexity index is 629. The molecule has 2 atom stereocenters. The number of benzene rings is 2. The molecule has 1 heterocycles. The zero-order valence-corrected chi connectivity index (χ0v) is 12.3. The van der Waals surface area contributed by atoms with E-state index < -0.39 is 16.6 Å². The Morgan fingerprint density at radius 1 is 1.30 bits per heavy atom. The van der Waals surface area contributed by atoms with Gasteiger partial charge in [-0.3, -0.25) is 4.21 Å². The Morgan fingerprint density at radius 3 is 2.85 bits per heavy atom. The van der Waals surface area contributed by atoms with Crippen molar-refractivity contribution in [2.24, 2.45) is 0 Å². The summed E-state index contributed by atoms with van der Waals surface area (Å²) < 4.78 is 25.6. The Labute approximate surface area is 124 Å². The van der Waals surface area contributed by atoms with Gasteiger partial charge in [0, 0.05) is 26.5 Å². The normalized spacial score (nSPS) is 18.8. The lowest BCUT2D eigenvalue weighted by Gasteiger charge is -2.09. The first-order chi connectivity index (χ1) is 9.61. The minimum Gasteiger partial charge on any atom is -0.399 e. The van der Waals surface area contributed by atoms with Gasteiger partial charge in [0.25, 0.3) is 0 Å². The summed E-state index contributed by atoms with van der Waals surface area (Å²) in [5.74, 6) is 0.0816. The third kappa shape index (κ3) is 2.88. The summed E-state index contributed by atoms with van der Waals surface area (Å²) in [6.45, 7) is 0. The van der Waals surface area contributed by atoms with Crippen LogP contribution in [0.3, 0.4) is 0 Å². The zero-order valence-electron chi connectivity index (χ0n) is 10.7. The molecule has 2 N–H and O–H groups in total. The molecule has 1 aliphatic rings. The van der Waals surface area contributed by atoms with Gasteiger partial charge in [0.05, 0.1) is 10.8 Å². The molecule has 2 unspecified atom stereocenters. The van der Waals surface area contributed by atoms with Crippen LogP contribution in [-0.4, -0.2) is 15.2 Å². The summed E-state index contributed by atoms with van der Waals surface area (Å²) in [4.78, 5) is 1.73. The van der Waals surface area contributed by atoms with E-state index >= 15 is 0 Å². The number of hydrogen-bond donors (Lipinski definition) is 1. The molecule has 3 rings (SSSR count). The third-order valence-corrected chi connectivity index (χ3v) is 6.20. The molecule has 0 bridgehead atoms. The lowest BCUT2D eigenvalue weighted by atomic mass is 10.1.